The fourth-order valence-corrected chi connectivity index (χ4v) is 5.29. The number of amides is 2. The van der Waals surface area contributed by atoms with Crippen LogP contribution in [0.4, 0.5) is 5.69 Å². The van der Waals surface area contributed by atoms with E-state index in [1.165, 1.54) is 0 Å². The van der Waals surface area contributed by atoms with Crippen molar-refractivity contribution in [1.82, 2.24) is 9.88 Å². The zero-order valence-electron chi connectivity index (χ0n) is 15.5. The SMILES string of the molecule is O=C1CCCN1c1ccc(C(=O)N2CCC[C@H]2c2nc3ccccc3s2)cc1. The number of fused-ring (bicyclic) bond motifs is 1. The van der Waals surface area contributed by atoms with E-state index in [1.807, 2.05) is 47.4 Å². The largest absolute Gasteiger partial charge is 0.329 e. The minimum Gasteiger partial charge on any atom is -0.329 e. The Hall–Kier alpha value is -2.73. The van der Waals surface area contributed by atoms with E-state index in [0.29, 0.717) is 12.0 Å². The van der Waals surface area contributed by atoms with Gasteiger partial charge in [-0.25, -0.2) is 4.98 Å². The van der Waals surface area contributed by atoms with Crippen LogP contribution in [0.3, 0.4) is 0 Å². The number of carbonyl (C=O) groups excluding carboxylic acids is 2. The summed E-state index contributed by atoms with van der Waals surface area (Å²) in [5, 5.41) is 1.02. The summed E-state index contributed by atoms with van der Waals surface area (Å²) in [5.41, 5.74) is 2.55. The molecule has 2 aliphatic rings. The first-order valence-corrected chi connectivity index (χ1v) is 10.6. The van der Waals surface area contributed by atoms with Gasteiger partial charge >= 0.3 is 0 Å². The molecule has 1 aromatic heterocycles. The third-order valence-electron chi connectivity index (χ3n) is 5.61. The number of rotatable bonds is 3. The van der Waals surface area contributed by atoms with Crippen molar-refractivity contribution >= 4 is 39.1 Å². The molecule has 0 bridgehead atoms. The van der Waals surface area contributed by atoms with E-state index in [0.717, 1.165) is 53.3 Å². The monoisotopic (exact) mass is 391 g/mol. The van der Waals surface area contributed by atoms with E-state index in [1.54, 1.807) is 16.2 Å². The lowest BCUT2D eigenvalue weighted by Gasteiger charge is -2.23. The molecule has 2 aromatic carbocycles. The molecule has 28 heavy (non-hydrogen) atoms. The summed E-state index contributed by atoms with van der Waals surface area (Å²) < 4.78 is 1.16. The summed E-state index contributed by atoms with van der Waals surface area (Å²) in [4.78, 5) is 33.6. The molecule has 1 atom stereocenters. The van der Waals surface area contributed by atoms with Gasteiger partial charge in [-0.3, -0.25) is 9.59 Å². The minimum atomic E-state index is 0.0426. The van der Waals surface area contributed by atoms with Gasteiger partial charge in [0.1, 0.15) is 5.01 Å². The highest BCUT2D eigenvalue weighted by Gasteiger charge is 2.33. The summed E-state index contributed by atoms with van der Waals surface area (Å²) in [5.74, 6) is 0.204. The molecule has 0 saturated carbocycles. The standard InChI is InChI=1S/C22H21N3O2S/c26-20-8-4-13-24(20)16-11-9-15(10-12-16)22(27)25-14-3-6-18(25)21-23-17-5-1-2-7-19(17)28-21/h1-2,5,7,9-12,18H,3-4,6,8,13-14H2/t18-/m0/s1. The van der Waals surface area contributed by atoms with Gasteiger partial charge in [-0.15, -0.1) is 11.3 Å². The Kier molecular flexibility index (Phi) is 4.36. The number of benzene rings is 2. The molecule has 0 N–H and O–H groups in total. The van der Waals surface area contributed by atoms with Crippen LogP contribution in [0.25, 0.3) is 10.2 Å². The highest BCUT2D eigenvalue weighted by Crippen LogP contribution is 2.37. The summed E-state index contributed by atoms with van der Waals surface area (Å²) in [6.45, 7) is 1.52. The molecule has 2 amide bonds. The van der Waals surface area contributed by atoms with Crippen molar-refractivity contribution in [2.24, 2.45) is 0 Å². The van der Waals surface area contributed by atoms with Crippen molar-refractivity contribution in [2.45, 2.75) is 31.7 Å². The van der Waals surface area contributed by atoms with Crippen LogP contribution in [-0.2, 0) is 4.79 Å². The maximum absolute atomic E-state index is 13.2. The van der Waals surface area contributed by atoms with Crippen molar-refractivity contribution < 1.29 is 9.59 Å². The zero-order chi connectivity index (χ0) is 19.1. The van der Waals surface area contributed by atoms with Crippen LogP contribution in [0.5, 0.6) is 0 Å². The van der Waals surface area contributed by atoms with Gasteiger partial charge in [-0.1, -0.05) is 12.1 Å². The van der Waals surface area contributed by atoms with Crippen LogP contribution in [0, 0.1) is 0 Å². The molecule has 0 radical (unpaired) electrons. The second-order valence-electron chi connectivity index (χ2n) is 7.37. The van der Waals surface area contributed by atoms with Crippen molar-refractivity contribution in [2.75, 3.05) is 18.0 Å². The molecule has 3 heterocycles. The Morgan fingerprint density at radius 1 is 1.04 bits per heavy atom. The lowest BCUT2D eigenvalue weighted by Crippen LogP contribution is -2.30. The van der Waals surface area contributed by atoms with Gasteiger partial charge < -0.3 is 9.80 Å². The molecule has 5 rings (SSSR count). The molecule has 0 aliphatic carbocycles. The van der Waals surface area contributed by atoms with Gasteiger partial charge in [0.15, 0.2) is 0 Å². The van der Waals surface area contributed by atoms with E-state index in [2.05, 4.69) is 6.07 Å². The zero-order valence-corrected chi connectivity index (χ0v) is 16.3. The van der Waals surface area contributed by atoms with Gasteiger partial charge in [0.25, 0.3) is 5.91 Å². The quantitative estimate of drug-likeness (QED) is 0.665. The Bertz CT molecular complexity index is 1010. The van der Waals surface area contributed by atoms with E-state index < -0.39 is 0 Å². The Balaban J connectivity index is 1.38. The molecule has 2 aliphatic heterocycles. The highest BCUT2D eigenvalue weighted by molar-refractivity contribution is 7.18. The number of anilines is 1. The number of hydrogen-bond donors (Lipinski definition) is 0. The second-order valence-corrected chi connectivity index (χ2v) is 8.43. The fourth-order valence-electron chi connectivity index (χ4n) is 4.17. The number of thiazole rings is 1. The van der Waals surface area contributed by atoms with Crippen LogP contribution in [0.1, 0.15) is 47.1 Å². The van der Waals surface area contributed by atoms with Crippen LogP contribution in [0.15, 0.2) is 48.5 Å². The summed E-state index contributed by atoms with van der Waals surface area (Å²) in [6.07, 6.45) is 3.45. The Morgan fingerprint density at radius 3 is 2.61 bits per heavy atom. The molecule has 3 aromatic rings. The van der Waals surface area contributed by atoms with Gasteiger partial charge in [0.05, 0.1) is 16.3 Å². The van der Waals surface area contributed by atoms with E-state index in [4.69, 9.17) is 4.98 Å². The molecule has 0 unspecified atom stereocenters. The van der Waals surface area contributed by atoms with Crippen LogP contribution < -0.4 is 4.90 Å². The highest BCUT2D eigenvalue weighted by atomic mass is 32.1. The van der Waals surface area contributed by atoms with Crippen molar-refractivity contribution in [1.29, 1.82) is 0 Å². The second kappa shape index (κ2) is 7.02. The third-order valence-corrected chi connectivity index (χ3v) is 6.75. The third kappa shape index (κ3) is 2.98. The van der Waals surface area contributed by atoms with Gasteiger partial charge in [0.2, 0.25) is 5.91 Å². The molecule has 0 spiro atoms. The summed E-state index contributed by atoms with van der Waals surface area (Å²) in [6, 6.07) is 15.6. The molecule has 5 nitrogen and oxygen atoms in total. The maximum Gasteiger partial charge on any atom is 0.254 e. The van der Waals surface area contributed by atoms with Gasteiger partial charge in [-0.05, 0) is 55.7 Å². The molecule has 2 saturated heterocycles. The van der Waals surface area contributed by atoms with E-state index >= 15 is 0 Å². The van der Waals surface area contributed by atoms with Gasteiger partial charge in [-0.2, -0.15) is 0 Å². The Morgan fingerprint density at radius 2 is 1.86 bits per heavy atom. The van der Waals surface area contributed by atoms with Crippen molar-refractivity contribution in [3.8, 4) is 0 Å². The molecular formula is C22H21N3O2S. The average Bonchev–Trinajstić information content (AvgIpc) is 3.46. The summed E-state index contributed by atoms with van der Waals surface area (Å²) in [7, 11) is 0. The topological polar surface area (TPSA) is 53.5 Å². The van der Waals surface area contributed by atoms with E-state index in [-0.39, 0.29) is 17.9 Å². The lowest BCUT2D eigenvalue weighted by atomic mass is 10.1. The number of carbonyl (C=O) groups is 2. The first-order valence-electron chi connectivity index (χ1n) is 9.77. The fraction of sp³-hybridized carbons (Fsp3) is 0.318. The molecule has 2 fully saturated rings. The lowest BCUT2D eigenvalue weighted by molar-refractivity contribution is -0.117. The Labute approximate surface area is 167 Å². The average molecular weight is 391 g/mol. The normalized spacial score (nSPS) is 19.7. The first kappa shape index (κ1) is 17.4. The van der Waals surface area contributed by atoms with Gasteiger partial charge in [0, 0.05) is 30.8 Å². The predicted octanol–water partition coefficient (Wildman–Crippen LogP) is 4.40. The van der Waals surface area contributed by atoms with Crippen LogP contribution in [-0.4, -0.2) is 34.8 Å². The number of hydrogen-bond acceptors (Lipinski definition) is 4. The number of para-hydroxylation sites is 1. The minimum absolute atomic E-state index is 0.0426. The van der Waals surface area contributed by atoms with Crippen LogP contribution >= 0.6 is 11.3 Å². The van der Waals surface area contributed by atoms with Crippen LogP contribution in [0.2, 0.25) is 0 Å². The maximum atomic E-state index is 13.2. The number of likely N-dealkylation sites (tertiary alicyclic amines) is 1. The number of nitrogens with zero attached hydrogens (tertiary/aromatic N) is 3. The van der Waals surface area contributed by atoms with Crippen molar-refractivity contribution in [3.63, 3.8) is 0 Å². The van der Waals surface area contributed by atoms with Crippen molar-refractivity contribution in [3.05, 3.63) is 59.1 Å². The van der Waals surface area contributed by atoms with E-state index in [9.17, 15) is 9.59 Å². The molecular weight excluding hydrogens is 370 g/mol. The predicted molar refractivity (Wildman–Crippen MR) is 111 cm³/mol. The molecule has 6 heteroatoms. The molecule has 142 valence electrons. The summed E-state index contributed by atoms with van der Waals surface area (Å²) >= 11 is 1.68. The smallest absolute Gasteiger partial charge is 0.254 e. The number of aromatic nitrogens is 1. The first-order chi connectivity index (χ1) is 13.7.